The van der Waals surface area contributed by atoms with Gasteiger partial charge in [-0.15, -0.1) is 0 Å². The SMILES string of the molecule is CCCc1ccc(C(=O)N2CCC(Oc3ccnc(C(N)=O)c3)CC2)cc1. The van der Waals surface area contributed by atoms with Crippen molar-refractivity contribution >= 4 is 11.8 Å². The van der Waals surface area contributed by atoms with E-state index in [1.807, 2.05) is 29.2 Å². The Balaban J connectivity index is 1.54. The van der Waals surface area contributed by atoms with Crippen LogP contribution in [0.4, 0.5) is 0 Å². The lowest BCUT2D eigenvalue weighted by atomic mass is 10.0. The number of likely N-dealkylation sites (tertiary alicyclic amines) is 1. The van der Waals surface area contributed by atoms with Gasteiger partial charge in [0.05, 0.1) is 0 Å². The van der Waals surface area contributed by atoms with E-state index >= 15 is 0 Å². The number of benzene rings is 1. The number of nitrogens with zero attached hydrogens (tertiary/aromatic N) is 2. The van der Waals surface area contributed by atoms with Crippen LogP contribution in [0.1, 0.15) is 52.6 Å². The van der Waals surface area contributed by atoms with Crippen LogP contribution in [-0.2, 0) is 6.42 Å². The molecule has 0 unspecified atom stereocenters. The maximum Gasteiger partial charge on any atom is 0.267 e. The molecule has 1 aromatic heterocycles. The fourth-order valence-corrected chi connectivity index (χ4v) is 3.27. The molecular weight excluding hydrogens is 342 g/mol. The molecule has 0 spiro atoms. The largest absolute Gasteiger partial charge is 0.490 e. The van der Waals surface area contributed by atoms with Crippen molar-refractivity contribution in [2.75, 3.05) is 13.1 Å². The molecule has 2 N–H and O–H groups in total. The van der Waals surface area contributed by atoms with E-state index in [9.17, 15) is 9.59 Å². The van der Waals surface area contributed by atoms with E-state index in [0.717, 1.165) is 31.2 Å². The van der Waals surface area contributed by atoms with E-state index in [2.05, 4.69) is 11.9 Å². The summed E-state index contributed by atoms with van der Waals surface area (Å²) in [5.41, 5.74) is 7.42. The van der Waals surface area contributed by atoms with Crippen molar-refractivity contribution < 1.29 is 14.3 Å². The Kier molecular flexibility index (Phi) is 6.06. The zero-order valence-corrected chi connectivity index (χ0v) is 15.6. The molecule has 0 bridgehead atoms. The van der Waals surface area contributed by atoms with Crippen LogP contribution in [0.2, 0.25) is 0 Å². The van der Waals surface area contributed by atoms with Gasteiger partial charge in [-0.3, -0.25) is 14.6 Å². The number of ether oxygens (including phenoxy) is 1. The van der Waals surface area contributed by atoms with Gasteiger partial charge in [0.15, 0.2) is 0 Å². The highest BCUT2D eigenvalue weighted by molar-refractivity contribution is 5.94. The molecule has 3 rings (SSSR count). The zero-order valence-electron chi connectivity index (χ0n) is 15.6. The van der Waals surface area contributed by atoms with Crippen molar-refractivity contribution in [2.45, 2.75) is 38.7 Å². The number of primary amides is 1. The number of aromatic nitrogens is 1. The molecule has 2 aromatic rings. The summed E-state index contributed by atoms with van der Waals surface area (Å²) in [7, 11) is 0. The van der Waals surface area contributed by atoms with Crippen LogP contribution in [0.3, 0.4) is 0 Å². The molecule has 0 radical (unpaired) electrons. The third-order valence-corrected chi connectivity index (χ3v) is 4.76. The Bertz CT molecular complexity index is 797. The maximum absolute atomic E-state index is 12.7. The van der Waals surface area contributed by atoms with Crippen molar-refractivity contribution in [1.82, 2.24) is 9.88 Å². The maximum atomic E-state index is 12.7. The standard InChI is InChI=1S/C21H25N3O3/c1-2-3-15-4-6-16(7-5-15)21(26)24-12-9-17(10-13-24)27-18-8-11-23-19(14-18)20(22)25/h4-8,11,14,17H,2-3,9-10,12-13H2,1H3,(H2,22,25). The lowest BCUT2D eigenvalue weighted by Gasteiger charge is -2.32. The van der Waals surface area contributed by atoms with Crippen LogP contribution in [0.15, 0.2) is 42.6 Å². The molecular formula is C21H25N3O3. The van der Waals surface area contributed by atoms with E-state index in [4.69, 9.17) is 10.5 Å². The van der Waals surface area contributed by atoms with Crippen LogP contribution in [0.25, 0.3) is 0 Å². The fraction of sp³-hybridized carbons (Fsp3) is 0.381. The molecule has 0 aliphatic carbocycles. The van der Waals surface area contributed by atoms with E-state index in [-0.39, 0.29) is 17.7 Å². The summed E-state index contributed by atoms with van der Waals surface area (Å²) in [5, 5.41) is 0. The molecule has 2 amide bonds. The second-order valence-electron chi connectivity index (χ2n) is 6.80. The number of amides is 2. The monoisotopic (exact) mass is 367 g/mol. The number of pyridine rings is 1. The highest BCUT2D eigenvalue weighted by Crippen LogP contribution is 2.21. The third-order valence-electron chi connectivity index (χ3n) is 4.76. The normalized spacial score (nSPS) is 14.8. The number of aryl methyl sites for hydroxylation is 1. The number of piperidine rings is 1. The van der Waals surface area contributed by atoms with Gasteiger partial charge in [-0.25, -0.2) is 0 Å². The first-order valence-corrected chi connectivity index (χ1v) is 9.37. The van der Waals surface area contributed by atoms with Crippen molar-refractivity contribution in [3.8, 4) is 5.75 Å². The first-order chi connectivity index (χ1) is 13.1. The topological polar surface area (TPSA) is 85.5 Å². The van der Waals surface area contributed by atoms with Crippen molar-refractivity contribution in [3.05, 3.63) is 59.4 Å². The van der Waals surface area contributed by atoms with Gasteiger partial charge in [-0.2, -0.15) is 0 Å². The van der Waals surface area contributed by atoms with Crippen LogP contribution in [0.5, 0.6) is 5.75 Å². The number of carbonyl (C=O) groups excluding carboxylic acids is 2. The minimum absolute atomic E-state index is 0.00380. The van der Waals surface area contributed by atoms with Crippen LogP contribution < -0.4 is 10.5 Å². The Morgan fingerprint density at radius 1 is 1.19 bits per heavy atom. The first kappa shape index (κ1) is 18.9. The summed E-state index contributed by atoms with van der Waals surface area (Å²) in [6.45, 7) is 3.44. The molecule has 27 heavy (non-hydrogen) atoms. The highest BCUT2D eigenvalue weighted by atomic mass is 16.5. The van der Waals surface area contributed by atoms with Gasteiger partial charge < -0.3 is 15.4 Å². The van der Waals surface area contributed by atoms with Crippen molar-refractivity contribution in [3.63, 3.8) is 0 Å². The average molecular weight is 367 g/mol. The van der Waals surface area contributed by atoms with Gasteiger partial charge >= 0.3 is 0 Å². The molecule has 1 fully saturated rings. The van der Waals surface area contributed by atoms with Gasteiger partial charge in [0.2, 0.25) is 0 Å². The summed E-state index contributed by atoms with van der Waals surface area (Å²) in [5.74, 6) is 0.0670. The fourth-order valence-electron chi connectivity index (χ4n) is 3.27. The number of rotatable bonds is 6. The quantitative estimate of drug-likeness (QED) is 0.851. The van der Waals surface area contributed by atoms with E-state index in [0.29, 0.717) is 18.8 Å². The second-order valence-corrected chi connectivity index (χ2v) is 6.80. The number of nitrogens with two attached hydrogens (primary N) is 1. The molecule has 0 saturated carbocycles. The zero-order chi connectivity index (χ0) is 19.2. The predicted octanol–water partition coefficient (Wildman–Crippen LogP) is 2.82. The van der Waals surface area contributed by atoms with Crippen molar-refractivity contribution in [1.29, 1.82) is 0 Å². The summed E-state index contributed by atoms with van der Waals surface area (Å²) in [6.07, 6.45) is 5.13. The van der Waals surface area contributed by atoms with Crippen LogP contribution in [0, 0.1) is 0 Å². The number of carbonyl (C=O) groups is 2. The summed E-state index contributed by atoms with van der Waals surface area (Å²) >= 11 is 0. The third kappa shape index (κ3) is 4.84. The Labute approximate surface area is 159 Å². The second kappa shape index (κ2) is 8.66. The molecule has 1 aliphatic heterocycles. The average Bonchev–Trinajstić information content (AvgIpc) is 2.69. The lowest BCUT2D eigenvalue weighted by molar-refractivity contribution is 0.0594. The van der Waals surface area contributed by atoms with Gasteiger partial charge in [-0.05, 0) is 30.2 Å². The van der Waals surface area contributed by atoms with Gasteiger partial charge in [-0.1, -0.05) is 25.5 Å². The molecule has 0 atom stereocenters. The Morgan fingerprint density at radius 3 is 2.52 bits per heavy atom. The molecule has 1 saturated heterocycles. The highest BCUT2D eigenvalue weighted by Gasteiger charge is 2.25. The van der Waals surface area contributed by atoms with Crippen molar-refractivity contribution in [2.24, 2.45) is 5.73 Å². The summed E-state index contributed by atoms with van der Waals surface area (Å²) in [6, 6.07) is 11.2. The summed E-state index contributed by atoms with van der Waals surface area (Å²) in [4.78, 5) is 29.7. The molecule has 6 heteroatoms. The molecule has 1 aliphatic rings. The first-order valence-electron chi connectivity index (χ1n) is 9.37. The predicted molar refractivity (Wildman–Crippen MR) is 103 cm³/mol. The molecule has 2 heterocycles. The number of hydrogen-bond donors (Lipinski definition) is 1. The van der Waals surface area contributed by atoms with Gasteiger partial charge in [0.1, 0.15) is 17.5 Å². The molecule has 1 aromatic carbocycles. The van der Waals surface area contributed by atoms with E-state index in [1.165, 1.54) is 11.8 Å². The summed E-state index contributed by atoms with van der Waals surface area (Å²) < 4.78 is 5.94. The Hall–Kier alpha value is -2.89. The van der Waals surface area contributed by atoms with E-state index < -0.39 is 5.91 Å². The smallest absolute Gasteiger partial charge is 0.267 e. The minimum atomic E-state index is -0.578. The lowest BCUT2D eigenvalue weighted by Crippen LogP contribution is -2.41. The molecule has 142 valence electrons. The van der Waals surface area contributed by atoms with Gasteiger partial charge in [0.25, 0.3) is 11.8 Å². The Morgan fingerprint density at radius 2 is 1.89 bits per heavy atom. The van der Waals surface area contributed by atoms with E-state index in [1.54, 1.807) is 12.1 Å². The molecule has 6 nitrogen and oxygen atoms in total. The van der Waals surface area contributed by atoms with Crippen LogP contribution >= 0.6 is 0 Å². The number of hydrogen-bond acceptors (Lipinski definition) is 4. The van der Waals surface area contributed by atoms with Gasteiger partial charge in [0, 0.05) is 43.8 Å². The van der Waals surface area contributed by atoms with Crippen LogP contribution in [-0.4, -0.2) is 40.9 Å². The minimum Gasteiger partial charge on any atom is -0.490 e.